The smallest absolute Gasteiger partial charge is 0.314 e. The van der Waals surface area contributed by atoms with Gasteiger partial charge >= 0.3 is 5.97 Å². The lowest BCUT2D eigenvalue weighted by Gasteiger charge is -2.18. The highest BCUT2D eigenvalue weighted by Gasteiger charge is 2.32. The standard InChI is InChI=1S/C10H9NO3/c12-9-6-2-1-5-11-8(6)4-3-7(9)10(13)14/h1-2,5,7H,3-4H2,(H,13,14). The maximum absolute atomic E-state index is 11.6. The number of aliphatic carboxylic acids is 1. The number of carbonyl (C=O) groups excluding carboxylic acids is 1. The molecule has 1 aliphatic carbocycles. The van der Waals surface area contributed by atoms with Crippen LogP contribution < -0.4 is 0 Å². The topological polar surface area (TPSA) is 67.3 Å². The highest BCUT2D eigenvalue weighted by Crippen LogP contribution is 2.23. The van der Waals surface area contributed by atoms with Crippen molar-refractivity contribution >= 4 is 11.8 Å². The molecule has 0 aliphatic heterocycles. The highest BCUT2D eigenvalue weighted by molar-refractivity contribution is 6.09. The Labute approximate surface area is 80.6 Å². The number of Topliss-reactive ketones (excluding diaryl/α,β-unsaturated/α-hetero) is 1. The van der Waals surface area contributed by atoms with E-state index in [1.165, 1.54) is 0 Å². The molecule has 0 amide bonds. The Morgan fingerprint density at radius 2 is 2.36 bits per heavy atom. The van der Waals surface area contributed by atoms with E-state index in [0.717, 1.165) is 5.69 Å². The van der Waals surface area contributed by atoms with Gasteiger partial charge in [-0.3, -0.25) is 14.6 Å². The van der Waals surface area contributed by atoms with Crippen LogP contribution in [0.4, 0.5) is 0 Å². The first-order valence-corrected chi connectivity index (χ1v) is 4.41. The zero-order chi connectivity index (χ0) is 10.1. The van der Waals surface area contributed by atoms with Gasteiger partial charge in [-0.2, -0.15) is 0 Å². The van der Waals surface area contributed by atoms with Crippen molar-refractivity contribution in [2.24, 2.45) is 5.92 Å². The first-order chi connectivity index (χ1) is 6.70. The molecule has 4 nitrogen and oxygen atoms in total. The molecule has 14 heavy (non-hydrogen) atoms. The van der Waals surface area contributed by atoms with Gasteiger partial charge in [-0.1, -0.05) is 0 Å². The van der Waals surface area contributed by atoms with Crippen LogP contribution in [0.1, 0.15) is 22.5 Å². The molecule has 0 radical (unpaired) electrons. The third-order valence-electron chi connectivity index (χ3n) is 2.44. The average molecular weight is 191 g/mol. The molecule has 1 aromatic heterocycles. The number of hydrogen-bond acceptors (Lipinski definition) is 3. The van der Waals surface area contributed by atoms with Crippen LogP contribution in [0.25, 0.3) is 0 Å². The molecule has 0 spiro atoms. The molecule has 72 valence electrons. The van der Waals surface area contributed by atoms with Crippen LogP contribution in [0.5, 0.6) is 0 Å². The van der Waals surface area contributed by atoms with Crippen LogP contribution >= 0.6 is 0 Å². The molecular weight excluding hydrogens is 182 g/mol. The molecule has 1 atom stereocenters. The minimum absolute atomic E-state index is 0.313. The number of nitrogens with zero attached hydrogens (tertiary/aromatic N) is 1. The van der Waals surface area contributed by atoms with Crippen molar-refractivity contribution in [3.63, 3.8) is 0 Å². The fraction of sp³-hybridized carbons (Fsp3) is 0.300. The van der Waals surface area contributed by atoms with E-state index in [4.69, 9.17) is 5.11 Å². The largest absolute Gasteiger partial charge is 0.481 e. The van der Waals surface area contributed by atoms with E-state index < -0.39 is 11.9 Å². The second-order valence-corrected chi connectivity index (χ2v) is 3.29. The van der Waals surface area contributed by atoms with Crippen LogP contribution in [-0.2, 0) is 11.2 Å². The Morgan fingerprint density at radius 3 is 3.07 bits per heavy atom. The molecular formula is C10H9NO3. The summed E-state index contributed by atoms with van der Waals surface area (Å²) in [5.74, 6) is -2.23. The third kappa shape index (κ3) is 1.28. The van der Waals surface area contributed by atoms with Crippen molar-refractivity contribution in [3.8, 4) is 0 Å². The molecule has 1 unspecified atom stereocenters. The number of ketones is 1. The average Bonchev–Trinajstić information content (AvgIpc) is 2.18. The minimum atomic E-state index is -1.04. The summed E-state index contributed by atoms with van der Waals surface area (Å²) < 4.78 is 0. The van der Waals surface area contributed by atoms with Gasteiger partial charge in [0.2, 0.25) is 0 Å². The number of carbonyl (C=O) groups is 2. The SMILES string of the molecule is O=C(O)C1CCc2ncccc2C1=O. The van der Waals surface area contributed by atoms with Gasteiger partial charge in [-0.15, -0.1) is 0 Å². The van der Waals surface area contributed by atoms with E-state index in [-0.39, 0.29) is 5.78 Å². The molecule has 0 aromatic carbocycles. The lowest BCUT2D eigenvalue weighted by atomic mass is 9.85. The molecule has 0 saturated carbocycles. The van der Waals surface area contributed by atoms with E-state index in [0.29, 0.717) is 18.4 Å². The summed E-state index contributed by atoms with van der Waals surface area (Å²) in [5.41, 5.74) is 1.18. The first-order valence-electron chi connectivity index (χ1n) is 4.41. The molecule has 0 saturated heterocycles. The number of carboxylic acids is 1. The van der Waals surface area contributed by atoms with Gasteiger partial charge in [0.25, 0.3) is 0 Å². The van der Waals surface area contributed by atoms with Crippen LogP contribution in [0.15, 0.2) is 18.3 Å². The summed E-state index contributed by atoms with van der Waals surface area (Å²) in [7, 11) is 0. The molecule has 2 rings (SSSR count). The van der Waals surface area contributed by atoms with E-state index in [9.17, 15) is 9.59 Å². The second kappa shape index (κ2) is 3.21. The minimum Gasteiger partial charge on any atom is -0.481 e. The fourth-order valence-corrected chi connectivity index (χ4v) is 1.70. The van der Waals surface area contributed by atoms with Crippen molar-refractivity contribution < 1.29 is 14.7 Å². The van der Waals surface area contributed by atoms with Gasteiger partial charge in [0, 0.05) is 11.8 Å². The van der Waals surface area contributed by atoms with Crippen molar-refractivity contribution in [1.29, 1.82) is 0 Å². The highest BCUT2D eigenvalue weighted by atomic mass is 16.4. The number of fused-ring (bicyclic) bond motifs is 1. The summed E-state index contributed by atoms with van der Waals surface area (Å²) in [4.78, 5) is 26.4. The number of carboxylic acid groups (broad SMARTS) is 1. The lowest BCUT2D eigenvalue weighted by molar-refractivity contribution is -0.140. The lowest BCUT2D eigenvalue weighted by Crippen LogP contribution is -2.29. The summed E-state index contributed by atoms with van der Waals surface area (Å²) in [6, 6.07) is 3.29. The predicted octanol–water partition coefficient (Wildman–Crippen LogP) is 0.911. The Morgan fingerprint density at radius 1 is 1.57 bits per heavy atom. The molecule has 4 heteroatoms. The van der Waals surface area contributed by atoms with Crippen molar-refractivity contribution in [3.05, 3.63) is 29.6 Å². The van der Waals surface area contributed by atoms with Gasteiger partial charge in [0.05, 0.1) is 5.69 Å². The Hall–Kier alpha value is -1.71. The molecule has 0 bridgehead atoms. The van der Waals surface area contributed by atoms with Crippen LogP contribution in [0.2, 0.25) is 0 Å². The normalized spacial score (nSPS) is 20.3. The third-order valence-corrected chi connectivity index (χ3v) is 2.44. The van der Waals surface area contributed by atoms with Crippen LogP contribution in [0.3, 0.4) is 0 Å². The zero-order valence-corrected chi connectivity index (χ0v) is 7.43. The quantitative estimate of drug-likeness (QED) is 0.670. The van der Waals surface area contributed by atoms with Crippen LogP contribution in [-0.4, -0.2) is 21.8 Å². The maximum Gasteiger partial charge on any atom is 0.314 e. The summed E-state index contributed by atoms with van der Waals surface area (Å²) in [6.07, 6.45) is 2.55. The second-order valence-electron chi connectivity index (χ2n) is 3.29. The van der Waals surface area contributed by atoms with Crippen LogP contribution in [0, 0.1) is 5.92 Å². The van der Waals surface area contributed by atoms with Gasteiger partial charge in [-0.05, 0) is 25.0 Å². The first kappa shape index (κ1) is 8.87. The molecule has 1 aromatic rings. The molecule has 1 N–H and O–H groups in total. The molecule has 0 fully saturated rings. The Balaban J connectivity index is 2.41. The van der Waals surface area contributed by atoms with Gasteiger partial charge in [0.1, 0.15) is 5.92 Å². The number of aryl methyl sites for hydroxylation is 1. The zero-order valence-electron chi connectivity index (χ0n) is 7.43. The number of rotatable bonds is 1. The van der Waals surface area contributed by atoms with Gasteiger partial charge in [-0.25, -0.2) is 0 Å². The molecule has 1 aliphatic rings. The Bertz CT molecular complexity index is 400. The maximum atomic E-state index is 11.6. The van der Waals surface area contributed by atoms with E-state index in [1.54, 1.807) is 18.3 Å². The number of pyridine rings is 1. The Kier molecular flexibility index (Phi) is 2.04. The molecule has 1 heterocycles. The predicted molar refractivity (Wildman–Crippen MR) is 48.0 cm³/mol. The number of aromatic nitrogens is 1. The van der Waals surface area contributed by atoms with E-state index in [1.807, 2.05) is 0 Å². The van der Waals surface area contributed by atoms with E-state index in [2.05, 4.69) is 4.98 Å². The van der Waals surface area contributed by atoms with Crippen molar-refractivity contribution in [2.75, 3.05) is 0 Å². The van der Waals surface area contributed by atoms with E-state index >= 15 is 0 Å². The van der Waals surface area contributed by atoms with Crippen molar-refractivity contribution in [1.82, 2.24) is 4.98 Å². The monoisotopic (exact) mass is 191 g/mol. The summed E-state index contributed by atoms with van der Waals surface area (Å²) >= 11 is 0. The van der Waals surface area contributed by atoms with Gasteiger partial charge in [0.15, 0.2) is 5.78 Å². The summed E-state index contributed by atoms with van der Waals surface area (Å²) in [5, 5.41) is 8.79. The number of hydrogen-bond donors (Lipinski definition) is 1. The fourth-order valence-electron chi connectivity index (χ4n) is 1.70. The van der Waals surface area contributed by atoms with Crippen molar-refractivity contribution in [2.45, 2.75) is 12.8 Å². The summed E-state index contributed by atoms with van der Waals surface area (Å²) in [6.45, 7) is 0. The van der Waals surface area contributed by atoms with Gasteiger partial charge < -0.3 is 5.11 Å².